The van der Waals surface area contributed by atoms with Crippen molar-refractivity contribution in [2.45, 2.75) is 45.4 Å². The molecule has 2 heteroatoms. The minimum atomic E-state index is -0.250. The van der Waals surface area contributed by atoms with Crippen molar-refractivity contribution in [3.05, 3.63) is 35.9 Å². The van der Waals surface area contributed by atoms with Crippen molar-refractivity contribution in [2.24, 2.45) is 5.41 Å². The fourth-order valence-corrected chi connectivity index (χ4v) is 2.46. The fraction of sp³-hybridized carbons (Fsp3) is 0.533. The lowest BCUT2D eigenvalue weighted by Gasteiger charge is -2.34. The van der Waals surface area contributed by atoms with Crippen LogP contribution in [0.2, 0.25) is 0 Å². The Morgan fingerprint density at radius 2 is 1.65 bits per heavy atom. The molecule has 1 aromatic carbocycles. The Bertz CT molecular complexity index is 320. The maximum absolute atomic E-state index is 8.36. The van der Waals surface area contributed by atoms with E-state index < -0.39 is 0 Å². The maximum Gasteiger partial charge on any atom is 0.290 e. The zero-order valence-corrected chi connectivity index (χ0v) is 10.7. The van der Waals surface area contributed by atoms with Gasteiger partial charge in [-0.25, -0.2) is 0 Å². The van der Waals surface area contributed by atoms with Crippen molar-refractivity contribution in [2.75, 3.05) is 0 Å². The van der Waals surface area contributed by atoms with E-state index in [0.717, 1.165) is 5.92 Å². The van der Waals surface area contributed by atoms with Crippen LogP contribution in [-0.4, -0.2) is 11.6 Å². The van der Waals surface area contributed by atoms with Crippen molar-refractivity contribution in [3.63, 3.8) is 0 Å². The Morgan fingerprint density at radius 1 is 1.18 bits per heavy atom. The van der Waals surface area contributed by atoms with Crippen LogP contribution in [0.1, 0.15) is 51.0 Å². The normalized spacial score (nSPS) is 18.9. The Hall–Kier alpha value is -1.31. The fourth-order valence-electron chi connectivity index (χ4n) is 2.46. The predicted molar refractivity (Wildman–Crippen MR) is 70.1 cm³/mol. The highest BCUT2D eigenvalue weighted by atomic mass is 16.3. The Balaban J connectivity index is 0.000000437. The molecule has 0 amide bonds. The van der Waals surface area contributed by atoms with Gasteiger partial charge < -0.3 is 5.11 Å². The number of rotatable bonds is 1. The van der Waals surface area contributed by atoms with Crippen molar-refractivity contribution in [1.82, 2.24) is 0 Å². The molecular formula is C15H22O2. The van der Waals surface area contributed by atoms with Crippen LogP contribution in [0.4, 0.5) is 0 Å². The second-order valence-electron chi connectivity index (χ2n) is 5.45. The molecule has 2 rings (SSSR count). The summed E-state index contributed by atoms with van der Waals surface area (Å²) in [5.74, 6) is 0.823. The van der Waals surface area contributed by atoms with E-state index in [1.807, 2.05) is 0 Å². The number of hydrogen-bond donors (Lipinski definition) is 1. The van der Waals surface area contributed by atoms with Gasteiger partial charge >= 0.3 is 0 Å². The summed E-state index contributed by atoms with van der Waals surface area (Å²) in [6.07, 6.45) is 5.51. The molecule has 0 spiro atoms. The Labute approximate surface area is 104 Å². The van der Waals surface area contributed by atoms with Crippen molar-refractivity contribution in [1.29, 1.82) is 0 Å². The molecule has 1 saturated carbocycles. The molecule has 94 valence electrons. The number of carboxylic acid groups (broad SMARTS) is 1. The molecular weight excluding hydrogens is 212 g/mol. The molecule has 1 aliphatic rings. The van der Waals surface area contributed by atoms with Crippen LogP contribution in [0.25, 0.3) is 0 Å². The highest BCUT2D eigenvalue weighted by Crippen LogP contribution is 2.42. The molecule has 1 aliphatic carbocycles. The first-order valence-corrected chi connectivity index (χ1v) is 6.22. The predicted octanol–water partition coefficient (Wildman–Crippen LogP) is 4.07. The zero-order valence-electron chi connectivity index (χ0n) is 10.7. The van der Waals surface area contributed by atoms with E-state index in [1.54, 1.807) is 5.56 Å². The standard InChI is InChI=1S/C14H20.CH2O2/c1-14(2)10-8-13(9-11-14)12-6-4-3-5-7-12;2-1-3/h3-7,13H,8-11H2,1-2H3;1H,(H,2,3). The molecule has 2 nitrogen and oxygen atoms in total. The van der Waals surface area contributed by atoms with E-state index >= 15 is 0 Å². The zero-order chi connectivity index (χ0) is 12.7. The molecule has 1 N–H and O–H groups in total. The van der Waals surface area contributed by atoms with Gasteiger partial charge in [-0.2, -0.15) is 0 Å². The number of benzene rings is 1. The topological polar surface area (TPSA) is 37.3 Å². The first kappa shape index (κ1) is 13.8. The molecule has 0 bridgehead atoms. The van der Waals surface area contributed by atoms with E-state index in [0.29, 0.717) is 5.41 Å². The summed E-state index contributed by atoms with van der Waals surface area (Å²) in [6, 6.07) is 11.0. The maximum atomic E-state index is 8.36. The molecule has 0 atom stereocenters. The van der Waals surface area contributed by atoms with E-state index in [2.05, 4.69) is 44.2 Å². The molecule has 0 saturated heterocycles. The van der Waals surface area contributed by atoms with Gasteiger partial charge in [0.15, 0.2) is 0 Å². The van der Waals surface area contributed by atoms with Crippen LogP contribution < -0.4 is 0 Å². The van der Waals surface area contributed by atoms with E-state index in [9.17, 15) is 0 Å². The van der Waals surface area contributed by atoms with Gasteiger partial charge in [0.05, 0.1) is 0 Å². The highest BCUT2D eigenvalue weighted by molar-refractivity contribution is 5.32. The lowest BCUT2D eigenvalue weighted by Crippen LogP contribution is -2.20. The molecule has 0 aromatic heterocycles. The van der Waals surface area contributed by atoms with Crippen LogP contribution in [0, 0.1) is 5.41 Å². The largest absolute Gasteiger partial charge is 0.483 e. The average molecular weight is 234 g/mol. The van der Waals surface area contributed by atoms with Crippen LogP contribution in [0.3, 0.4) is 0 Å². The Kier molecular flexibility index (Phi) is 5.20. The third kappa shape index (κ3) is 4.59. The van der Waals surface area contributed by atoms with Gasteiger partial charge in [-0.05, 0) is 42.6 Å². The summed E-state index contributed by atoms with van der Waals surface area (Å²) in [4.78, 5) is 8.36. The van der Waals surface area contributed by atoms with Crippen molar-refractivity contribution < 1.29 is 9.90 Å². The average Bonchev–Trinajstić information content (AvgIpc) is 2.31. The van der Waals surface area contributed by atoms with Gasteiger partial charge in [0.1, 0.15) is 0 Å². The molecule has 0 radical (unpaired) electrons. The summed E-state index contributed by atoms with van der Waals surface area (Å²) in [5, 5.41) is 6.89. The van der Waals surface area contributed by atoms with E-state index in [1.165, 1.54) is 25.7 Å². The van der Waals surface area contributed by atoms with Crippen LogP contribution in [0.5, 0.6) is 0 Å². The Morgan fingerprint density at radius 3 is 2.12 bits per heavy atom. The second-order valence-corrected chi connectivity index (χ2v) is 5.45. The molecule has 17 heavy (non-hydrogen) atoms. The summed E-state index contributed by atoms with van der Waals surface area (Å²) in [6.45, 7) is 4.54. The van der Waals surface area contributed by atoms with Gasteiger partial charge in [0.25, 0.3) is 6.47 Å². The minimum absolute atomic E-state index is 0.250. The van der Waals surface area contributed by atoms with Crippen LogP contribution in [0.15, 0.2) is 30.3 Å². The lowest BCUT2D eigenvalue weighted by atomic mass is 9.71. The van der Waals surface area contributed by atoms with Gasteiger partial charge in [0.2, 0.25) is 0 Å². The molecule has 1 fully saturated rings. The van der Waals surface area contributed by atoms with Crippen LogP contribution >= 0.6 is 0 Å². The first-order chi connectivity index (χ1) is 8.09. The lowest BCUT2D eigenvalue weighted by molar-refractivity contribution is -0.122. The summed E-state index contributed by atoms with van der Waals surface area (Å²) in [5.41, 5.74) is 2.13. The molecule has 0 unspecified atom stereocenters. The highest BCUT2D eigenvalue weighted by Gasteiger charge is 2.27. The summed E-state index contributed by atoms with van der Waals surface area (Å²) < 4.78 is 0. The van der Waals surface area contributed by atoms with Crippen molar-refractivity contribution in [3.8, 4) is 0 Å². The quantitative estimate of drug-likeness (QED) is 0.744. The monoisotopic (exact) mass is 234 g/mol. The molecule has 0 heterocycles. The summed E-state index contributed by atoms with van der Waals surface area (Å²) >= 11 is 0. The number of hydrogen-bond acceptors (Lipinski definition) is 1. The van der Waals surface area contributed by atoms with E-state index in [-0.39, 0.29) is 6.47 Å². The third-order valence-electron chi connectivity index (χ3n) is 3.61. The smallest absolute Gasteiger partial charge is 0.290 e. The van der Waals surface area contributed by atoms with Gasteiger partial charge in [0, 0.05) is 0 Å². The van der Waals surface area contributed by atoms with Crippen molar-refractivity contribution >= 4 is 6.47 Å². The third-order valence-corrected chi connectivity index (χ3v) is 3.61. The summed E-state index contributed by atoms with van der Waals surface area (Å²) in [7, 11) is 0. The van der Waals surface area contributed by atoms with E-state index in [4.69, 9.17) is 9.90 Å². The van der Waals surface area contributed by atoms with Gasteiger partial charge in [-0.15, -0.1) is 0 Å². The SMILES string of the molecule is CC1(C)CCC(c2ccccc2)CC1.O=CO. The minimum Gasteiger partial charge on any atom is -0.483 e. The van der Waals surface area contributed by atoms with Gasteiger partial charge in [-0.1, -0.05) is 44.2 Å². The molecule has 0 aliphatic heterocycles. The van der Waals surface area contributed by atoms with Crippen LogP contribution in [-0.2, 0) is 4.79 Å². The second kappa shape index (κ2) is 6.43. The molecule has 1 aromatic rings. The number of carbonyl (C=O) groups is 1. The van der Waals surface area contributed by atoms with Gasteiger partial charge in [-0.3, -0.25) is 4.79 Å². The first-order valence-electron chi connectivity index (χ1n) is 6.22.